The summed E-state index contributed by atoms with van der Waals surface area (Å²) in [5.74, 6) is 0.924. The molecule has 0 saturated carbocycles. The average molecular weight is 622 g/mol. The van der Waals surface area contributed by atoms with Crippen molar-refractivity contribution in [3.8, 4) is 6.07 Å². The van der Waals surface area contributed by atoms with Crippen molar-refractivity contribution in [2.75, 3.05) is 19.6 Å². The molecule has 2 aromatic carbocycles. The van der Waals surface area contributed by atoms with E-state index in [4.69, 9.17) is 0 Å². The molecule has 1 saturated heterocycles. The molecule has 3 aromatic rings. The summed E-state index contributed by atoms with van der Waals surface area (Å²) < 4.78 is 0. The second-order valence-corrected chi connectivity index (χ2v) is 12.8. The first-order chi connectivity index (χ1) is 22.1. The molecule has 1 amide bonds. The molecule has 3 unspecified atom stereocenters. The molecule has 1 aromatic heterocycles. The minimum Gasteiger partial charge on any atom is -0.385 e. The molecule has 5 atom stereocenters. The number of aromatic nitrogens is 4. The Labute approximate surface area is 272 Å². The fourth-order valence-corrected chi connectivity index (χ4v) is 7.41. The normalized spacial score (nSPS) is 22.6. The number of H-pyrrole nitrogens is 1. The molecule has 2 aliphatic rings. The molecule has 10 heteroatoms. The van der Waals surface area contributed by atoms with Crippen LogP contribution >= 0.6 is 0 Å². The predicted molar refractivity (Wildman–Crippen MR) is 181 cm³/mol. The molecule has 242 valence electrons. The van der Waals surface area contributed by atoms with Crippen molar-refractivity contribution in [3.63, 3.8) is 0 Å². The van der Waals surface area contributed by atoms with E-state index in [1.807, 2.05) is 19.1 Å². The standard InChI is InChI=1S/C36H47N9O/c1-8-38-25(6)27-12-14-32-28(17-27)10-11-29-18-30(34(46)39-9-2)13-15-33(29)36(32,35-41-43-44-42-35)19-23(4)40-21-24(5)45-26(7)22(3)16-31(45)20-37/h12-15,17-18,22-23,26,31,38,40H,5-6,8-11,16,19,21H2,1-4,7H3,(H,39,46)(H,41,42,43,44)/t22?,23-,26-,31?,36?/m0/s1. The van der Waals surface area contributed by atoms with Crippen LogP contribution in [0.2, 0.25) is 0 Å². The minimum atomic E-state index is -0.760. The average Bonchev–Trinajstić information content (AvgIpc) is 3.67. The molecule has 5 rings (SSSR count). The van der Waals surface area contributed by atoms with E-state index in [9.17, 15) is 10.1 Å². The number of benzene rings is 2. The van der Waals surface area contributed by atoms with Crippen LogP contribution in [-0.2, 0) is 18.3 Å². The highest BCUT2D eigenvalue weighted by atomic mass is 16.1. The van der Waals surface area contributed by atoms with Crippen LogP contribution in [0, 0.1) is 17.2 Å². The van der Waals surface area contributed by atoms with Gasteiger partial charge in [-0.2, -0.15) is 10.5 Å². The highest BCUT2D eigenvalue weighted by molar-refractivity contribution is 5.94. The van der Waals surface area contributed by atoms with Crippen molar-refractivity contribution >= 4 is 11.6 Å². The summed E-state index contributed by atoms with van der Waals surface area (Å²) >= 11 is 0. The van der Waals surface area contributed by atoms with Crippen molar-refractivity contribution in [1.29, 1.82) is 5.26 Å². The molecule has 2 heterocycles. The van der Waals surface area contributed by atoms with Crippen LogP contribution in [0.25, 0.3) is 5.70 Å². The van der Waals surface area contributed by atoms with Crippen LogP contribution in [0.4, 0.5) is 0 Å². The largest absolute Gasteiger partial charge is 0.385 e. The molecule has 4 N–H and O–H groups in total. The van der Waals surface area contributed by atoms with E-state index in [0.29, 0.717) is 36.8 Å². The molecule has 10 nitrogen and oxygen atoms in total. The molecule has 0 radical (unpaired) electrons. The Hall–Kier alpha value is -4.49. The lowest BCUT2D eigenvalue weighted by Gasteiger charge is -2.37. The number of nitrogens with zero attached hydrogens (tertiary/aromatic N) is 5. The fraction of sp³-hybridized carbons (Fsp3) is 0.472. The van der Waals surface area contributed by atoms with E-state index in [2.05, 4.69) is 113 Å². The maximum Gasteiger partial charge on any atom is 0.251 e. The third-order valence-electron chi connectivity index (χ3n) is 9.83. The van der Waals surface area contributed by atoms with Gasteiger partial charge in [-0.3, -0.25) is 4.79 Å². The molecule has 0 spiro atoms. The molecular formula is C36H47N9O. The van der Waals surface area contributed by atoms with Gasteiger partial charge in [-0.15, -0.1) is 10.2 Å². The Morgan fingerprint density at radius 2 is 1.74 bits per heavy atom. The number of hydrogen-bond donors (Lipinski definition) is 4. The van der Waals surface area contributed by atoms with E-state index in [1.54, 1.807) is 0 Å². The summed E-state index contributed by atoms with van der Waals surface area (Å²) in [7, 11) is 0. The monoisotopic (exact) mass is 621 g/mol. The maximum absolute atomic E-state index is 12.9. The smallest absolute Gasteiger partial charge is 0.251 e. The molecule has 46 heavy (non-hydrogen) atoms. The highest BCUT2D eigenvalue weighted by Gasteiger charge is 2.46. The number of hydrogen-bond acceptors (Lipinski definition) is 8. The number of rotatable bonds is 12. The van der Waals surface area contributed by atoms with Crippen molar-refractivity contribution < 1.29 is 4.79 Å². The number of aryl methyl sites for hydroxylation is 2. The third-order valence-corrected chi connectivity index (χ3v) is 9.83. The summed E-state index contributed by atoms with van der Waals surface area (Å²) in [5, 5.41) is 35.8. The quantitative estimate of drug-likeness (QED) is 0.233. The van der Waals surface area contributed by atoms with Crippen LogP contribution in [0.1, 0.15) is 91.5 Å². The van der Waals surface area contributed by atoms with Gasteiger partial charge in [-0.05, 0) is 105 Å². The number of amides is 1. The van der Waals surface area contributed by atoms with Crippen molar-refractivity contribution in [3.05, 3.63) is 94.5 Å². The third kappa shape index (κ3) is 6.16. The topological polar surface area (TPSA) is 135 Å². The van der Waals surface area contributed by atoms with Gasteiger partial charge in [0.2, 0.25) is 0 Å². The second-order valence-electron chi connectivity index (χ2n) is 12.8. The number of tetrazole rings is 1. The van der Waals surface area contributed by atoms with E-state index in [1.165, 1.54) is 5.56 Å². The molecule has 1 aliphatic carbocycles. The maximum atomic E-state index is 12.9. The Morgan fingerprint density at radius 1 is 1.09 bits per heavy atom. The second kappa shape index (κ2) is 13.9. The van der Waals surface area contributed by atoms with Crippen LogP contribution in [0.3, 0.4) is 0 Å². The number of likely N-dealkylation sites (tertiary alicyclic amines) is 1. The summed E-state index contributed by atoms with van der Waals surface area (Å²) in [4.78, 5) is 15.1. The lowest BCUT2D eigenvalue weighted by Crippen LogP contribution is -2.43. The molecular weight excluding hydrogens is 574 g/mol. The molecule has 1 aliphatic heterocycles. The summed E-state index contributed by atoms with van der Waals surface area (Å²) in [6.45, 7) is 21.1. The number of carbonyl (C=O) groups excluding carboxylic acids is 1. The van der Waals surface area contributed by atoms with Gasteiger partial charge < -0.3 is 20.9 Å². The molecule has 0 bridgehead atoms. The van der Waals surface area contributed by atoms with Gasteiger partial charge in [0.15, 0.2) is 5.82 Å². The van der Waals surface area contributed by atoms with Gasteiger partial charge in [0.1, 0.15) is 6.04 Å². The first-order valence-corrected chi connectivity index (χ1v) is 16.5. The van der Waals surface area contributed by atoms with Gasteiger partial charge in [-0.1, -0.05) is 43.5 Å². The van der Waals surface area contributed by atoms with Crippen LogP contribution in [0.15, 0.2) is 55.3 Å². The lowest BCUT2D eigenvalue weighted by atomic mass is 9.67. The van der Waals surface area contributed by atoms with Crippen molar-refractivity contribution in [1.82, 2.24) is 41.5 Å². The predicted octanol–water partition coefficient (Wildman–Crippen LogP) is 4.47. The van der Waals surface area contributed by atoms with Gasteiger partial charge in [0.05, 0.1) is 11.5 Å². The minimum absolute atomic E-state index is 0.00983. The Morgan fingerprint density at radius 3 is 2.35 bits per heavy atom. The Balaban J connectivity index is 1.57. The SMILES string of the molecule is C=C(NCC)c1ccc2c(c1)CCc1cc(C(=O)NCC)ccc1C2(C[C@H](C)NCC(=C)N1C(C#N)CC(C)[C@@H]1C)c1nn[nH]n1. The van der Waals surface area contributed by atoms with Gasteiger partial charge in [-0.25, -0.2) is 0 Å². The fourth-order valence-electron chi connectivity index (χ4n) is 7.41. The number of carbonyl (C=O) groups is 1. The van der Waals surface area contributed by atoms with Crippen LogP contribution in [0.5, 0.6) is 0 Å². The van der Waals surface area contributed by atoms with Crippen LogP contribution in [-0.4, -0.2) is 69.2 Å². The molecule has 1 fully saturated rings. The lowest BCUT2D eigenvalue weighted by molar-refractivity contribution is 0.0955. The van der Waals surface area contributed by atoms with E-state index in [-0.39, 0.29) is 24.0 Å². The summed E-state index contributed by atoms with van der Waals surface area (Å²) in [6, 6.07) is 15.1. The summed E-state index contributed by atoms with van der Waals surface area (Å²) in [5.41, 5.74) is 7.18. The highest BCUT2D eigenvalue weighted by Crippen LogP contribution is 2.47. The number of nitriles is 1. The van der Waals surface area contributed by atoms with E-state index >= 15 is 0 Å². The van der Waals surface area contributed by atoms with Crippen molar-refractivity contribution in [2.24, 2.45) is 5.92 Å². The van der Waals surface area contributed by atoms with Crippen LogP contribution < -0.4 is 16.0 Å². The number of nitrogens with one attached hydrogen (secondary N) is 4. The van der Waals surface area contributed by atoms with E-state index in [0.717, 1.165) is 59.5 Å². The van der Waals surface area contributed by atoms with E-state index < -0.39 is 5.41 Å². The zero-order chi connectivity index (χ0) is 33.0. The van der Waals surface area contributed by atoms with Gasteiger partial charge >= 0.3 is 0 Å². The summed E-state index contributed by atoms with van der Waals surface area (Å²) in [6.07, 6.45) is 3.02. The zero-order valence-electron chi connectivity index (χ0n) is 27.8. The number of aromatic amines is 1. The Kier molecular flexibility index (Phi) is 9.92. The van der Waals surface area contributed by atoms with Crippen molar-refractivity contribution in [2.45, 2.75) is 83.8 Å². The first-order valence-electron chi connectivity index (χ1n) is 16.5. The Bertz CT molecular complexity index is 1550. The zero-order valence-corrected chi connectivity index (χ0v) is 27.8. The first kappa shape index (κ1) is 32.9. The number of fused-ring (bicyclic) bond motifs is 2. The van der Waals surface area contributed by atoms with Gasteiger partial charge in [0.25, 0.3) is 5.91 Å². The van der Waals surface area contributed by atoms with Gasteiger partial charge in [0, 0.05) is 48.7 Å².